The number of phosphoric acid groups is 1. The van der Waals surface area contributed by atoms with Crippen molar-refractivity contribution in [3.8, 4) is 0 Å². The summed E-state index contributed by atoms with van der Waals surface area (Å²) in [5.41, 5.74) is 0. The molecular formula is H9Al2MgO5P. The van der Waals surface area contributed by atoms with Crippen LogP contribution < -0.4 is 0 Å². The van der Waals surface area contributed by atoms with Crippen LogP contribution in [0.3, 0.4) is 0 Å². The summed E-state index contributed by atoms with van der Waals surface area (Å²) >= 11 is 0.611. The van der Waals surface area contributed by atoms with Crippen molar-refractivity contribution in [2.24, 2.45) is 0 Å². The molecule has 0 aromatic carbocycles. The summed E-state index contributed by atoms with van der Waals surface area (Å²) in [6.45, 7) is 0. The molecule has 9 heavy (non-hydrogen) atoms. The molecule has 0 aliphatic carbocycles. The summed E-state index contributed by atoms with van der Waals surface area (Å²) in [4.78, 5) is 21.6. The number of hydrogen-bond acceptors (Lipinski definition) is 2. The third-order valence-corrected chi connectivity index (χ3v) is 0. The van der Waals surface area contributed by atoms with Gasteiger partial charge in [-0.1, -0.05) is 0 Å². The zero-order valence-corrected chi connectivity index (χ0v) is 7.74. The first kappa shape index (κ1) is 22.4. The van der Waals surface area contributed by atoms with E-state index in [0.717, 1.165) is 0 Å². The van der Waals surface area contributed by atoms with Gasteiger partial charge in [-0.3, -0.25) is 0 Å². The van der Waals surface area contributed by atoms with Gasteiger partial charge >= 0.3 is 50.9 Å². The summed E-state index contributed by atoms with van der Waals surface area (Å²) in [6, 6.07) is 0. The predicted octanol–water partition coefficient (Wildman–Crippen LogP) is -3.04. The van der Waals surface area contributed by atoms with Crippen molar-refractivity contribution in [1.82, 2.24) is 0 Å². The van der Waals surface area contributed by atoms with Crippen molar-refractivity contribution in [2.45, 2.75) is 0 Å². The minimum absolute atomic E-state index is 0. The Morgan fingerprint density at radius 3 is 1.22 bits per heavy atom. The van der Waals surface area contributed by atoms with E-state index in [-0.39, 0.29) is 43.3 Å². The van der Waals surface area contributed by atoms with Gasteiger partial charge in [-0.2, -0.15) is 0 Å². The van der Waals surface area contributed by atoms with Gasteiger partial charge in [0, 0.05) is 0 Å². The van der Waals surface area contributed by atoms with E-state index >= 15 is 0 Å². The normalized spacial score (nSPS) is 6.89. The molecule has 0 aromatic rings. The molecule has 52 valence electrons. The molecule has 0 spiro atoms. The van der Waals surface area contributed by atoms with E-state index in [1.165, 1.54) is 0 Å². The van der Waals surface area contributed by atoms with Crippen LogP contribution in [-0.2, 0) is 8.37 Å². The number of hydrogen-bond donors (Lipinski definition) is 3. The van der Waals surface area contributed by atoms with Crippen LogP contribution in [0.25, 0.3) is 0 Å². The van der Waals surface area contributed by atoms with Crippen LogP contribution in [-0.4, -0.2) is 71.3 Å². The maximum atomic E-state index is 8.88. The fourth-order valence-electron chi connectivity index (χ4n) is 0. The first-order valence-electron chi connectivity index (χ1n) is 1.07. The van der Waals surface area contributed by atoms with Gasteiger partial charge in [-0.05, 0) is 0 Å². The third kappa shape index (κ3) is 193. The molecule has 0 amide bonds. The molecular weight excluding hydrogens is 189 g/mol. The molecule has 0 fully saturated rings. The van der Waals surface area contributed by atoms with Crippen LogP contribution in [0.5, 0.6) is 0 Å². The van der Waals surface area contributed by atoms with Gasteiger partial charge in [-0.25, -0.2) is 4.57 Å². The Labute approximate surface area is 90.0 Å². The molecule has 0 unspecified atom stereocenters. The average Bonchev–Trinajstić information content (AvgIpc) is 1.36. The van der Waals surface area contributed by atoms with E-state index in [4.69, 9.17) is 23.0 Å². The summed E-state index contributed by atoms with van der Waals surface area (Å²) in [5.74, 6) is 0. The van der Waals surface area contributed by atoms with Crippen LogP contribution in [0.4, 0.5) is 0 Å². The molecule has 9 heteroatoms. The zero-order chi connectivity index (χ0) is 6.50. The minimum atomic E-state index is -4.64. The van der Waals surface area contributed by atoms with Gasteiger partial charge < -0.3 is 17.5 Å². The van der Waals surface area contributed by atoms with Gasteiger partial charge in [0.2, 0.25) is 0 Å². The van der Waals surface area contributed by atoms with Crippen LogP contribution in [0.15, 0.2) is 0 Å². The molecule has 0 aromatic heterocycles. The third-order valence-electron chi connectivity index (χ3n) is 0. The van der Waals surface area contributed by atoms with Gasteiger partial charge in [0.25, 0.3) is 0 Å². The molecule has 3 N–H and O–H groups in total. The van der Waals surface area contributed by atoms with Crippen molar-refractivity contribution in [3.63, 3.8) is 0 Å². The first-order chi connectivity index (χ1) is 3.00. The summed E-state index contributed by atoms with van der Waals surface area (Å²) < 4.78 is 17.2. The van der Waals surface area contributed by atoms with E-state index in [2.05, 4.69) is 0 Å². The Morgan fingerprint density at radius 2 is 1.22 bits per heavy atom. The van der Waals surface area contributed by atoms with E-state index in [1.807, 2.05) is 0 Å². The summed E-state index contributed by atoms with van der Waals surface area (Å²) in [6.07, 6.45) is 0. The van der Waals surface area contributed by atoms with E-state index in [0.29, 0.717) is 16.2 Å². The second-order valence-corrected chi connectivity index (χ2v) is 1.54. The monoisotopic (exact) mass is 198 g/mol. The van der Waals surface area contributed by atoms with Crippen molar-refractivity contribution in [1.29, 1.82) is 0 Å². The predicted molar refractivity (Wildman–Crippen MR) is 40.0 cm³/mol. The molecule has 0 aliphatic rings. The standard InChI is InChI=1S/2Al.Mg.H3O4P.O.6H/c;;;1-5(2,3)4;;;;;;;/h;;;(H3,1,2,3,4);;;;;;;/q;;+2;;;;;;;2*-1. The molecule has 0 saturated heterocycles. The molecule has 0 atom stereocenters. The van der Waals surface area contributed by atoms with Gasteiger partial charge in [0.1, 0.15) is 0 Å². The molecule has 0 aliphatic heterocycles. The average molecular weight is 198 g/mol. The van der Waals surface area contributed by atoms with E-state index < -0.39 is 7.82 Å². The van der Waals surface area contributed by atoms with Crippen LogP contribution >= 0.6 is 7.82 Å². The Morgan fingerprint density at radius 1 is 1.22 bits per heavy atom. The SMILES string of the molecule is O=P(O)(O)O.[AlH3].[H-].[H-].[Mg+2].[O]=[AlH]. The van der Waals surface area contributed by atoms with Gasteiger partial charge in [-0.15, -0.1) is 0 Å². The van der Waals surface area contributed by atoms with Crippen LogP contribution in [0, 0.1) is 0 Å². The molecule has 0 radical (unpaired) electrons. The van der Waals surface area contributed by atoms with Crippen molar-refractivity contribution in [3.05, 3.63) is 0 Å². The van der Waals surface area contributed by atoms with E-state index in [9.17, 15) is 0 Å². The Hall–Kier alpha value is 1.74. The zero-order valence-electron chi connectivity index (χ0n) is 6.02. The van der Waals surface area contributed by atoms with Crippen LogP contribution in [0.2, 0.25) is 0 Å². The molecule has 0 heterocycles. The van der Waals surface area contributed by atoms with Gasteiger partial charge in [0.15, 0.2) is 17.4 Å². The van der Waals surface area contributed by atoms with Crippen molar-refractivity contribution < 1.29 is 25.9 Å². The molecule has 0 rings (SSSR count). The Kier molecular flexibility index (Phi) is 31.0. The molecule has 0 bridgehead atoms. The first-order valence-corrected chi connectivity index (χ1v) is 3.21. The summed E-state index contributed by atoms with van der Waals surface area (Å²) in [5, 5.41) is 0. The Balaban J connectivity index is -0.00000000972. The maximum absolute atomic E-state index is 8.88. The molecule has 0 saturated carbocycles. The molecule has 5 nitrogen and oxygen atoms in total. The quantitative estimate of drug-likeness (QED) is 0.284. The summed E-state index contributed by atoms with van der Waals surface area (Å²) in [7, 11) is -4.64. The Bertz CT molecular complexity index is 78.3. The topological polar surface area (TPSA) is 94.8 Å². The fourth-order valence-corrected chi connectivity index (χ4v) is 0. The number of rotatable bonds is 0. The second-order valence-electron chi connectivity index (χ2n) is 0.513. The van der Waals surface area contributed by atoms with Crippen molar-refractivity contribution in [2.75, 3.05) is 0 Å². The van der Waals surface area contributed by atoms with Crippen LogP contribution in [0.1, 0.15) is 2.85 Å². The van der Waals surface area contributed by atoms with Crippen molar-refractivity contribution >= 4 is 64.5 Å². The van der Waals surface area contributed by atoms with E-state index in [1.54, 1.807) is 0 Å². The van der Waals surface area contributed by atoms with Gasteiger partial charge in [0.05, 0.1) is 0 Å². The second kappa shape index (κ2) is 12.4. The fraction of sp³-hybridized carbons (Fsp3) is 0.